The summed E-state index contributed by atoms with van der Waals surface area (Å²) < 4.78 is 41.3. The molecule has 1 heterocycles. The van der Waals surface area contributed by atoms with Crippen molar-refractivity contribution in [2.24, 2.45) is 0 Å². The molecule has 1 aromatic heterocycles. The number of nitrogens with one attached hydrogen (secondary N) is 1. The molecule has 1 N–H and O–H groups in total. The minimum absolute atomic E-state index is 0.0108. The molecule has 0 unspecified atom stereocenters. The number of ether oxygens (including phenoxy) is 2. The van der Waals surface area contributed by atoms with Gasteiger partial charge >= 0.3 is 11.9 Å². The topological polar surface area (TPSA) is 125 Å². The van der Waals surface area contributed by atoms with E-state index in [1.54, 1.807) is 24.3 Å². The van der Waals surface area contributed by atoms with E-state index in [0.717, 1.165) is 0 Å². The van der Waals surface area contributed by atoms with Crippen LogP contribution in [0, 0.1) is 13.8 Å². The molecule has 0 atom stereocenters. The predicted molar refractivity (Wildman–Crippen MR) is 93.4 cm³/mol. The van der Waals surface area contributed by atoms with Crippen LogP contribution >= 0.6 is 0 Å². The van der Waals surface area contributed by atoms with E-state index in [1.165, 1.54) is 21.0 Å². The van der Waals surface area contributed by atoms with Crippen LogP contribution in [0.15, 0.2) is 33.7 Å². The number of sulfonamides is 1. The number of hydrogen-bond donors (Lipinski definition) is 1. The fourth-order valence-electron chi connectivity index (χ4n) is 2.31. The summed E-state index contributed by atoms with van der Waals surface area (Å²) in [4.78, 5) is 23.1. The van der Waals surface area contributed by atoms with Crippen molar-refractivity contribution in [1.82, 2.24) is 9.88 Å². The molecule has 2 aromatic rings. The number of aromatic nitrogens is 1. The van der Waals surface area contributed by atoms with Crippen LogP contribution in [-0.4, -0.2) is 39.2 Å². The molecule has 2 rings (SSSR count). The fraction of sp³-hybridized carbons (Fsp3) is 0.353. The molecule has 9 nitrogen and oxygen atoms in total. The third-order valence-corrected chi connectivity index (χ3v) is 5.34. The van der Waals surface area contributed by atoms with Gasteiger partial charge in [-0.3, -0.25) is 4.79 Å². The molecular weight excluding hydrogens is 376 g/mol. The van der Waals surface area contributed by atoms with E-state index >= 15 is 0 Å². The first kappa shape index (κ1) is 20.6. The lowest BCUT2D eigenvalue weighted by molar-refractivity contribution is -0.144. The highest BCUT2D eigenvalue weighted by Crippen LogP contribution is 2.18. The molecular formula is C17H20N2O7S. The quantitative estimate of drug-likeness (QED) is 0.666. The standard InChI is InChI=1S/C17H20N2O7S/c1-11-16(12(2)26-19-11)27(22,23)18-9-8-15(20)25-10-13-4-6-14(7-5-13)17(21)24-3/h4-7,18H,8-10H2,1-3H3. The number of carbonyl (C=O) groups is 2. The highest BCUT2D eigenvalue weighted by atomic mass is 32.2. The van der Waals surface area contributed by atoms with E-state index in [9.17, 15) is 18.0 Å². The van der Waals surface area contributed by atoms with Crippen molar-refractivity contribution < 1.29 is 32.0 Å². The van der Waals surface area contributed by atoms with Crippen LogP contribution in [0.2, 0.25) is 0 Å². The van der Waals surface area contributed by atoms with Gasteiger partial charge < -0.3 is 14.0 Å². The van der Waals surface area contributed by atoms with Gasteiger partial charge in [0.25, 0.3) is 0 Å². The summed E-state index contributed by atoms with van der Waals surface area (Å²) in [5.41, 5.74) is 1.33. The molecule has 27 heavy (non-hydrogen) atoms. The van der Waals surface area contributed by atoms with Crippen LogP contribution in [0.25, 0.3) is 0 Å². The van der Waals surface area contributed by atoms with E-state index in [4.69, 9.17) is 9.26 Å². The van der Waals surface area contributed by atoms with Gasteiger partial charge in [0.1, 0.15) is 17.2 Å². The molecule has 0 amide bonds. The van der Waals surface area contributed by atoms with Crippen molar-refractivity contribution in [1.29, 1.82) is 0 Å². The molecule has 0 spiro atoms. The van der Waals surface area contributed by atoms with Gasteiger partial charge in [-0.2, -0.15) is 0 Å². The molecule has 0 bridgehead atoms. The maximum absolute atomic E-state index is 12.2. The van der Waals surface area contributed by atoms with E-state index in [-0.39, 0.29) is 35.9 Å². The van der Waals surface area contributed by atoms with Crippen LogP contribution in [0.5, 0.6) is 0 Å². The zero-order chi connectivity index (χ0) is 20.0. The number of rotatable bonds is 8. The number of esters is 2. The first-order chi connectivity index (χ1) is 12.7. The average molecular weight is 396 g/mol. The minimum atomic E-state index is -3.81. The van der Waals surface area contributed by atoms with Crippen molar-refractivity contribution >= 4 is 22.0 Å². The monoisotopic (exact) mass is 396 g/mol. The Balaban J connectivity index is 1.80. The summed E-state index contributed by atoms with van der Waals surface area (Å²) in [6.07, 6.45) is -0.136. The molecule has 0 saturated carbocycles. The molecule has 0 radical (unpaired) electrons. The summed E-state index contributed by atoms with van der Waals surface area (Å²) in [6.45, 7) is 2.91. The Hall–Kier alpha value is -2.72. The SMILES string of the molecule is COC(=O)c1ccc(COC(=O)CCNS(=O)(=O)c2c(C)noc2C)cc1. The fourth-order valence-corrected chi connectivity index (χ4v) is 3.67. The summed E-state index contributed by atoms with van der Waals surface area (Å²) in [7, 11) is -2.52. The second-order valence-electron chi connectivity index (χ2n) is 5.65. The summed E-state index contributed by atoms with van der Waals surface area (Å²) in [6, 6.07) is 6.40. The normalized spacial score (nSPS) is 11.2. The van der Waals surface area contributed by atoms with Crippen LogP contribution < -0.4 is 4.72 Å². The van der Waals surface area contributed by atoms with Crippen molar-refractivity contribution in [3.8, 4) is 0 Å². The number of nitrogens with zero attached hydrogens (tertiary/aromatic N) is 1. The largest absolute Gasteiger partial charge is 0.465 e. The number of hydrogen-bond acceptors (Lipinski definition) is 8. The Kier molecular flexibility index (Phi) is 6.70. The first-order valence-electron chi connectivity index (χ1n) is 8.00. The second kappa shape index (κ2) is 8.78. The molecule has 146 valence electrons. The number of methoxy groups -OCH3 is 1. The lowest BCUT2D eigenvalue weighted by Crippen LogP contribution is -2.27. The van der Waals surface area contributed by atoms with Crippen LogP contribution in [0.3, 0.4) is 0 Å². The van der Waals surface area contributed by atoms with E-state index in [2.05, 4.69) is 14.6 Å². The third-order valence-electron chi connectivity index (χ3n) is 3.63. The Bertz CT molecular complexity index is 898. The molecule has 0 fully saturated rings. The maximum Gasteiger partial charge on any atom is 0.337 e. The Labute approximate surface area is 156 Å². The summed E-state index contributed by atoms with van der Waals surface area (Å²) in [5, 5.41) is 3.60. The van der Waals surface area contributed by atoms with Gasteiger partial charge in [0.05, 0.1) is 19.1 Å². The van der Waals surface area contributed by atoms with Crippen LogP contribution in [-0.2, 0) is 30.9 Å². The highest BCUT2D eigenvalue weighted by molar-refractivity contribution is 7.89. The zero-order valence-electron chi connectivity index (χ0n) is 15.1. The molecule has 0 saturated heterocycles. The van der Waals surface area contributed by atoms with Gasteiger partial charge in [-0.1, -0.05) is 17.3 Å². The zero-order valence-corrected chi connectivity index (χ0v) is 16.0. The molecule has 10 heteroatoms. The number of benzene rings is 1. The lowest BCUT2D eigenvalue weighted by atomic mass is 10.1. The summed E-state index contributed by atoms with van der Waals surface area (Å²) >= 11 is 0. The van der Waals surface area contributed by atoms with Gasteiger partial charge in [0.2, 0.25) is 10.0 Å². The number of carbonyl (C=O) groups excluding carboxylic acids is 2. The van der Waals surface area contributed by atoms with Gasteiger partial charge in [0.15, 0.2) is 5.76 Å². The lowest BCUT2D eigenvalue weighted by Gasteiger charge is -2.07. The summed E-state index contributed by atoms with van der Waals surface area (Å²) in [5.74, 6) is -0.837. The van der Waals surface area contributed by atoms with Crippen LogP contribution in [0.1, 0.15) is 33.8 Å². The first-order valence-corrected chi connectivity index (χ1v) is 9.48. The predicted octanol–water partition coefficient (Wildman–Crippen LogP) is 1.49. The van der Waals surface area contributed by atoms with E-state index in [0.29, 0.717) is 11.1 Å². The Morgan fingerprint density at radius 1 is 1.19 bits per heavy atom. The van der Waals surface area contributed by atoms with Crippen LogP contribution in [0.4, 0.5) is 0 Å². The maximum atomic E-state index is 12.2. The van der Waals surface area contributed by atoms with Gasteiger partial charge in [-0.05, 0) is 31.5 Å². The number of aryl methyl sites for hydroxylation is 2. The van der Waals surface area contributed by atoms with Gasteiger partial charge in [0, 0.05) is 6.54 Å². The minimum Gasteiger partial charge on any atom is -0.465 e. The van der Waals surface area contributed by atoms with E-state index in [1.807, 2.05) is 0 Å². The average Bonchev–Trinajstić information content (AvgIpc) is 2.98. The van der Waals surface area contributed by atoms with Gasteiger partial charge in [-0.25, -0.2) is 17.9 Å². The Morgan fingerprint density at radius 3 is 2.41 bits per heavy atom. The van der Waals surface area contributed by atoms with E-state index < -0.39 is 22.0 Å². The highest BCUT2D eigenvalue weighted by Gasteiger charge is 2.23. The van der Waals surface area contributed by atoms with Gasteiger partial charge in [-0.15, -0.1) is 0 Å². The molecule has 0 aliphatic carbocycles. The van der Waals surface area contributed by atoms with Crippen molar-refractivity contribution in [3.63, 3.8) is 0 Å². The second-order valence-corrected chi connectivity index (χ2v) is 7.35. The molecule has 1 aromatic carbocycles. The smallest absolute Gasteiger partial charge is 0.337 e. The van der Waals surface area contributed by atoms with Crippen molar-refractivity contribution in [3.05, 3.63) is 46.8 Å². The molecule has 0 aliphatic heterocycles. The van der Waals surface area contributed by atoms with Crippen molar-refractivity contribution in [2.75, 3.05) is 13.7 Å². The Morgan fingerprint density at radius 2 is 1.85 bits per heavy atom. The molecule has 0 aliphatic rings. The third kappa shape index (κ3) is 5.38. The van der Waals surface area contributed by atoms with Crippen molar-refractivity contribution in [2.45, 2.75) is 31.8 Å².